The second kappa shape index (κ2) is 5.98. The van der Waals surface area contributed by atoms with E-state index in [0.29, 0.717) is 30.1 Å². The lowest BCUT2D eigenvalue weighted by Gasteiger charge is -2.27. The molecule has 1 aliphatic rings. The predicted molar refractivity (Wildman–Crippen MR) is 80.5 cm³/mol. The van der Waals surface area contributed by atoms with Crippen molar-refractivity contribution >= 4 is 17.0 Å². The first-order chi connectivity index (χ1) is 11.0. The molecule has 2 aromatic heterocycles. The number of ether oxygens (including phenoxy) is 1. The van der Waals surface area contributed by atoms with Crippen LogP contribution >= 0.6 is 0 Å². The molecule has 10 heteroatoms. The first-order valence-corrected chi connectivity index (χ1v) is 7.29. The number of hydrogen-bond donors (Lipinski definition) is 5. The maximum Gasteiger partial charge on any atom is 0.168 e. The molecule has 2 aromatic rings. The first-order valence-electron chi connectivity index (χ1n) is 7.29. The fourth-order valence-electron chi connectivity index (χ4n) is 2.73. The van der Waals surface area contributed by atoms with Gasteiger partial charge in [-0.3, -0.25) is 4.57 Å². The van der Waals surface area contributed by atoms with Gasteiger partial charge in [-0.1, -0.05) is 0 Å². The zero-order valence-corrected chi connectivity index (χ0v) is 12.6. The van der Waals surface area contributed by atoms with Crippen LogP contribution in [0.1, 0.15) is 13.2 Å². The molecule has 10 nitrogen and oxygen atoms in total. The van der Waals surface area contributed by atoms with E-state index in [1.54, 1.807) is 0 Å². The lowest BCUT2D eigenvalue weighted by atomic mass is 9.96. The Kier molecular flexibility index (Phi) is 4.17. The molecule has 1 aliphatic heterocycles. The zero-order chi connectivity index (χ0) is 16.6. The van der Waals surface area contributed by atoms with Gasteiger partial charge in [0.05, 0.1) is 12.9 Å². The minimum Gasteiger partial charge on any atom is -0.394 e. The third-order valence-electron chi connectivity index (χ3n) is 3.98. The molecule has 1 saturated heterocycles. The molecule has 23 heavy (non-hydrogen) atoms. The van der Waals surface area contributed by atoms with E-state index in [0.717, 1.165) is 0 Å². The summed E-state index contributed by atoms with van der Waals surface area (Å²) in [5.41, 5.74) is 4.81. The highest BCUT2D eigenvalue weighted by Gasteiger charge is 2.53. The van der Waals surface area contributed by atoms with Crippen LogP contribution in [0.25, 0.3) is 11.2 Å². The van der Waals surface area contributed by atoms with E-state index in [-0.39, 0.29) is 0 Å². The number of fused-ring (bicyclic) bond motifs is 1. The molecule has 1 unspecified atom stereocenters. The number of nitrogens with two attached hydrogens (primary N) is 1. The van der Waals surface area contributed by atoms with Gasteiger partial charge in [-0.15, -0.1) is 0 Å². The molecule has 0 spiro atoms. The quantitative estimate of drug-likeness (QED) is 0.429. The predicted octanol–water partition coefficient (Wildman–Crippen LogP) is -1.80. The topological polar surface area (TPSA) is 152 Å². The Balaban J connectivity index is 2.01. The van der Waals surface area contributed by atoms with Crippen LogP contribution in [0.2, 0.25) is 0 Å². The summed E-state index contributed by atoms with van der Waals surface area (Å²) in [6.45, 7) is 2.01. The SMILES string of the molecule is C[C@]1(O)C(n2cnc3c(NCCN)ncnc32)O[C@H](CO)[C@H]1O. The van der Waals surface area contributed by atoms with Crippen LogP contribution in [0.4, 0.5) is 5.82 Å². The Morgan fingerprint density at radius 1 is 1.43 bits per heavy atom. The third kappa shape index (κ3) is 2.54. The van der Waals surface area contributed by atoms with E-state index < -0.39 is 30.6 Å². The number of aliphatic hydroxyl groups excluding tert-OH is 2. The fourth-order valence-corrected chi connectivity index (χ4v) is 2.73. The van der Waals surface area contributed by atoms with Crippen molar-refractivity contribution in [2.45, 2.75) is 31.0 Å². The number of aromatic nitrogens is 4. The Morgan fingerprint density at radius 2 is 2.22 bits per heavy atom. The Labute approximate surface area is 131 Å². The molecule has 6 N–H and O–H groups in total. The van der Waals surface area contributed by atoms with Crippen molar-refractivity contribution < 1.29 is 20.1 Å². The number of nitrogens with zero attached hydrogens (tertiary/aromatic N) is 4. The third-order valence-corrected chi connectivity index (χ3v) is 3.98. The fraction of sp³-hybridized carbons (Fsp3) is 0.615. The van der Waals surface area contributed by atoms with Gasteiger partial charge in [-0.25, -0.2) is 15.0 Å². The van der Waals surface area contributed by atoms with Crippen molar-refractivity contribution in [3.8, 4) is 0 Å². The summed E-state index contributed by atoms with van der Waals surface area (Å²) in [7, 11) is 0. The van der Waals surface area contributed by atoms with Gasteiger partial charge in [0.25, 0.3) is 0 Å². The number of anilines is 1. The van der Waals surface area contributed by atoms with Crippen LogP contribution in [0.15, 0.2) is 12.7 Å². The molecule has 0 amide bonds. The second-order valence-electron chi connectivity index (χ2n) is 5.64. The van der Waals surface area contributed by atoms with Crippen molar-refractivity contribution in [2.24, 2.45) is 5.73 Å². The summed E-state index contributed by atoms with van der Waals surface area (Å²) in [4.78, 5) is 12.6. The van der Waals surface area contributed by atoms with Crippen molar-refractivity contribution in [2.75, 3.05) is 25.0 Å². The number of hydrogen-bond acceptors (Lipinski definition) is 9. The minimum atomic E-state index is -1.60. The summed E-state index contributed by atoms with van der Waals surface area (Å²) in [5.74, 6) is 0.524. The van der Waals surface area contributed by atoms with Gasteiger partial charge in [0.2, 0.25) is 0 Å². The lowest BCUT2D eigenvalue weighted by Crippen LogP contribution is -2.44. The molecule has 0 radical (unpaired) electrons. The molecule has 0 aromatic carbocycles. The van der Waals surface area contributed by atoms with Crippen molar-refractivity contribution in [3.05, 3.63) is 12.7 Å². The van der Waals surface area contributed by atoms with Crippen LogP contribution in [0.3, 0.4) is 0 Å². The zero-order valence-electron chi connectivity index (χ0n) is 12.6. The van der Waals surface area contributed by atoms with Crippen LogP contribution in [0.5, 0.6) is 0 Å². The van der Waals surface area contributed by atoms with Gasteiger partial charge in [-0.05, 0) is 6.92 Å². The van der Waals surface area contributed by atoms with E-state index >= 15 is 0 Å². The van der Waals surface area contributed by atoms with Crippen LogP contribution in [-0.2, 0) is 4.74 Å². The van der Waals surface area contributed by atoms with E-state index in [2.05, 4.69) is 20.3 Å². The Morgan fingerprint density at radius 3 is 2.87 bits per heavy atom. The second-order valence-corrected chi connectivity index (χ2v) is 5.64. The van der Waals surface area contributed by atoms with E-state index in [1.807, 2.05) is 0 Å². The molecule has 0 saturated carbocycles. The smallest absolute Gasteiger partial charge is 0.168 e. The molecular formula is C13H20N6O4. The lowest BCUT2D eigenvalue weighted by molar-refractivity contribution is -0.0950. The van der Waals surface area contributed by atoms with Gasteiger partial charge in [-0.2, -0.15) is 0 Å². The molecule has 3 rings (SSSR count). The summed E-state index contributed by atoms with van der Waals surface area (Å²) < 4.78 is 7.10. The summed E-state index contributed by atoms with van der Waals surface area (Å²) >= 11 is 0. The number of imidazole rings is 1. The molecular weight excluding hydrogens is 304 g/mol. The average molecular weight is 324 g/mol. The number of rotatable bonds is 5. The number of aliphatic hydroxyl groups is 3. The van der Waals surface area contributed by atoms with Gasteiger partial charge in [0.15, 0.2) is 23.2 Å². The maximum atomic E-state index is 10.6. The maximum absolute atomic E-state index is 10.6. The normalized spacial score (nSPS) is 30.9. The molecule has 0 bridgehead atoms. The summed E-state index contributed by atoms with van der Waals surface area (Å²) in [6, 6.07) is 0. The molecule has 1 fully saturated rings. The highest BCUT2D eigenvalue weighted by molar-refractivity contribution is 5.82. The Bertz CT molecular complexity index is 690. The van der Waals surface area contributed by atoms with E-state index in [4.69, 9.17) is 10.5 Å². The largest absolute Gasteiger partial charge is 0.394 e. The van der Waals surface area contributed by atoms with Crippen LogP contribution in [0, 0.1) is 0 Å². The van der Waals surface area contributed by atoms with Crippen molar-refractivity contribution in [1.29, 1.82) is 0 Å². The average Bonchev–Trinajstić information content (AvgIpc) is 3.06. The first kappa shape index (κ1) is 16.0. The monoisotopic (exact) mass is 324 g/mol. The molecule has 0 aliphatic carbocycles. The molecule has 3 heterocycles. The number of nitrogens with one attached hydrogen (secondary N) is 1. The van der Waals surface area contributed by atoms with Gasteiger partial charge >= 0.3 is 0 Å². The van der Waals surface area contributed by atoms with E-state index in [1.165, 1.54) is 24.1 Å². The highest BCUT2D eigenvalue weighted by atomic mass is 16.6. The van der Waals surface area contributed by atoms with E-state index in [9.17, 15) is 15.3 Å². The Hall–Kier alpha value is -1.85. The molecule has 126 valence electrons. The van der Waals surface area contributed by atoms with Crippen molar-refractivity contribution in [1.82, 2.24) is 19.5 Å². The van der Waals surface area contributed by atoms with Crippen LogP contribution < -0.4 is 11.1 Å². The minimum absolute atomic E-state index is 0.404. The van der Waals surface area contributed by atoms with Crippen molar-refractivity contribution in [3.63, 3.8) is 0 Å². The molecule has 4 atom stereocenters. The van der Waals surface area contributed by atoms with Crippen LogP contribution in [-0.4, -0.2) is 72.3 Å². The van der Waals surface area contributed by atoms with Gasteiger partial charge in [0.1, 0.15) is 24.1 Å². The summed E-state index contributed by atoms with van der Waals surface area (Å²) in [5, 5.41) is 33.0. The van der Waals surface area contributed by atoms with Gasteiger partial charge < -0.3 is 31.1 Å². The summed E-state index contributed by atoms with van der Waals surface area (Å²) in [6.07, 6.45) is -0.227. The standard InChI is InChI=1S/C13H20N6O4/c1-13(22)9(21)7(4-20)23-12(13)19-6-18-8-10(15-3-2-14)16-5-17-11(8)19/h5-7,9,12,20-22H,2-4,14H2,1H3,(H,15,16,17)/t7-,9-,12?,13-/m1/s1. The van der Waals surface area contributed by atoms with Gasteiger partial charge in [0, 0.05) is 13.1 Å². The highest BCUT2D eigenvalue weighted by Crippen LogP contribution is 2.39.